The van der Waals surface area contributed by atoms with Crippen molar-refractivity contribution in [2.24, 2.45) is 5.92 Å². The van der Waals surface area contributed by atoms with Gasteiger partial charge in [-0.15, -0.1) is 0 Å². The lowest BCUT2D eigenvalue weighted by Crippen LogP contribution is -2.30. The summed E-state index contributed by atoms with van der Waals surface area (Å²) < 4.78 is 55.5. The van der Waals surface area contributed by atoms with Gasteiger partial charge in [-0.05, 0) is 91.2 Å². The highest BCUT2D eigenvalue weighted by Crippen LogP contribution is 2.58. The summed E-state index contributed by atoms with van der Waals surface area (Å²) in [5.41, 5.74) is 10.6. The fraction of sp³-hybridized carbons (Fsp3) is 0.133. The molecule has 0 N–H and O–H groups in total. The maximum atomic E-state index is 13.9. The summed E-state index contributed by atoms with van der Waals surface area (Å²) in [6.45, 7) is 0. The Hall–Kier alpha value is -6.86. The summed E-state index contributed by atoms with van der Waals surface area (Å²) >= 11 is 0. The van der Waals surface area contributed by atoms with E-state index in [1.165, 1.54) is 19.3 Å². The van der Waals surface area contributed by atoms with E-state index in [4.69, 9.17) is 0 Å². The summed E-state index contributed by atoms with van der Waals surface area (Å²) in [5.74, 6) is 0.340. The molecule has 66 heavy (non-hydrogen) atoms. The second-order valence-corrected chi connectivity index (χ2v) is 21.6. The number of fused-ring (bicyclic) bond motifs is 4. The van der Waals surface area contributed by atoms with Gasteiger partial charge in [0.25, 0.3) is 0 Å². The van der Waals surface area contributed by atoms with Crippen LogP contribution in [-0.4, -0.2) is 16.8 Å². The Labute approximate surface area is 387 Å². The van der Waals surface area contributed by atoms with Gasteiger partial charge in [0.2, 0.25) is 9.84 Å². The van der Waals surface area contributed by atoms with Crippen molar-refractivity contribution in [3.05, 3.63) is 223 Å². The van der Waals surface area contributed by atoms with Crippen molar-refractivity contribution in [1.82, 2.24) is 0 Å². The first-order chi connectivity index (χ1) is 32.3. The van der Waals surface area contributed by atoms with Crippen LogP contribution in [0.25, 0.3) is 71.0 Å². The summed E-state index contributed by atoms with van der Waals surface area (Å²) in [4.78, 5) is 1.52. The molecule has 324 valence electrons. The number of allylic oxidation sites excluding steroid dienone is 1. The fourth-order valence-electron chi connectivity index (χ4n) is 10.7. The minimum atomic E-state index is -3.52. The van der Waals surface area contributed by atoms with E-state index in [2.05, 4.69) is 48.5 Å². The third kappa shape index (κ3) is 7.11. The number of sulfone groups is 2. The third-order valence-corrected chi connectivity index (χ3v) is 17.7. The molecular formula is C60H48O4S2. The van der Waals surface area contributed by atoms with E-state index < -0.39 is 24.9 Å². The largest absolute Gasteiger partial charge is 0.223 e. The van der Waals surface area contributed by atoms with Crippen molar-refractivity contribution in [3.63, 3.8) is 0 Å². The van der Waals surface area contributed by atoms with Gasteiger partial charge in [-0.3, -0.25) is 0 Å². The molecule has 0 radical (unpaired) electrons. The van der Waals surface area contributed by atoms with E-state index >= 15 is 0 Å². The highest BCUT2D eigenvalue weighted by molar-refractivity contribution is 8.02. The predicted octanol–water partition coefficient (Wildman–Crippen LogP) is 15.1. The topological polar surface area (TPSA) is 68.3 Å². The lowest BCUT2D eigenvalue weighted by atomic mass is 9.85. The maximum absolute atomic E-state index is 13.9. The molecule has 0 spiro atoms. The van der Waals surface area contributed by atoms with Crippen molar-refractivity contribution in [1.29, 1.82) is 0 Å². The van der Waals surface area contributed by atoms with Crippen molar-refractivity contribution < 1.29 is 16.8 Å². The van der Waals surface area contributed by atoms with Gasteiger partial charge in [-0.25, -0.2) is 16.8 Å². The molecule has 9 aromatic rings. The zero-order valence-corrected chi connectivity index (χ0v) is 38.1. The van der Waals surface area contributed by atoms with Crippen LogP contribution in [0, 0.1) is 5.92 Å². The molecule has 1 atom stereocenters. The van der Waals surface area contributed by atoms with Crippen LogP contribution in [0.2, 0.25) is 0 Å². The molecule has 2 aliphatic heterocycles. The van der Waals surface area contributed by atoms with Crippen molar-refractivity contribution in [2.75, 3.05) is 0 Å². The average Bonchev–Trinajstić information content (AvgIpc) is 3.38. The lowest BCUT2D eigenvalue weighted by molar-refractivity contribution is 0.420. The predicted molar refractivity (Wildman–Crippen MR) is 271 cm³/mol. The van der Waals surface area contributed by atoms with Crippen molar-refractivity contribution in [3.8, 4) is 44.5 Å². The average molecular weight is 897 g/mol. The van der Waals surface area contributed by atoms with Gasteiger partial charge in [0.05, 0.1) is 19.9 Å². The van der Waals surface area contributed by atoms with Crippen LogP contribution in [0.3, 0.4) is 0 Å². The SMILES string of the molecule is O=S1(=O)C(=CC2CCCCC2)c2c1c(-c1ccccc1)c1ccccc1c2-c1ccccc1.O=S1(=O)c2c(c(-c3ccccc3)c3ccccc3c2-c2ccccc2)C1Cc1ccccc1. The zero-order chi connectivity index (χ0) is 44.8. The van der Waals surface area contributed by atoms with Crippen molar-refractivity contribution >= 4 is 46.1 Å². The van der Waals surface area contributed by atoms with Crippen LogP contribution >= 0.6 is 0 Å². The van der Waals surface area contributed by atoms with Gasteiger partial charge in [0, 0.05) is 16.7 Å². The van der Waals surface area contributed by atoms with Gasteiger partial charge < -0.3 is 0 Å². The molecule has 1 fully saturated rings. The molecule has 12 rings (SSSR count). The quantitative estimate of drug-likeness (QED) is 0.160. The molecular weight excluding hydrogens is 849 g/mol. The van der Waals surface area contributed by atoms with Crippen molar-refractivity contribution in [2.45, 2.75) is 53.6 Å². The molecule has 0 bridgehead atoms. The van der Waals surface area contributed by atoms with E-state index in [1.54, 1.807) is 0 Å². The van der Waals surface area contributed by atoms with Gasteiger partial charge in [0.15, 0.2) is 9.84 Å². The zero-order valence-electron chi connectivity index (χ0n) is 36.5. The Morgan fingerprint density at radius 2 is 0.773 bits per heavy atom. The summed E-state index contributed by atoms with van der Waals surface area (Å²) in [6, 6.07) is 66.6. The second kappa shape index (κ2) is 17.2. The summed E-state index contributed by atoms with van der Waals surface area (Å²) in [6.07, 6.45) is 8.32. The second-order valence-electron chi connectivity index (χ2n) is 17.7. The number of rotatable bonds is 7. The number of benzene rings is 9. The maximum Gasteiger partial charge on any atom is 0.208 e. The molecule has 0 aromatic heterocycles. The van der Waals surface area contributed by atoms with Gasteiger partial charge in [-0.1, -0.05) is 226 Å². The molecule has 9 aromatic carbocycles. The molecule has 1 aliphatic carbocycles. The van der Waals surface area contributed by atoms with E-state index in [0.29, 0.717) is 27.0 Å². The first-order valence-electron chi connectivity index (χ1n) is 23.0. The highest BCUT2D eigenvalue weighted by atomic mass is 32.2. The molecule has 1 saturated carbocycles. The number of hydrogen-bond donors (Lipinski definition) is 0. The first kappa shape index (κ1) is 41.8. The van der Waals surface area contributed by atoms with Crippen LogP contribution in [0.15, 0.2) is 216 Å². The Kier molecular flexibility index (Phi) is 10.9. The molecule has 4 nitrogen and oxygen atoms in total. The smallest absolute Gasteiger partial charge is 0.208 e. The van der Waals surface area contributed by atoms with Crippen LogP contribution in [0.4, 0.5) is 0 Å². The molecule has 6 heteroatoms. The molecule has 0 saturated heterocycles. The number of hydrogen-bond acceptors (Lipinski definition) is 4. The van der Waals surface area contributed by atoms with Crippen LogP contribution in [0.1, 0.15) is 54.0 Å². The Morgan fingerprint density at radius 1 is 0.394 bits per heavy atom. The van der Waals surface area contributed by atoms with Crippen LogP contribution < -0.4 is 0 Å². The van der Waals surface area contributed by atoms with Crippen LogP contribution in [-0.2, 0) is 26.1 Å². The highest BCUT2D eigenvalue weighted by Gasteiger charge is 2.48. The Balaban J connectivity index is 0.000000146. The van der Waals surface area contributed by atoms with E-state index in [9.17, 15) is 16.8 Å². The summed E-state index contributed by atoms with van der Waals surface area (Å²) in [7, 11) is -7.00. The van der Waals surface area contributed by atoms with E-state index in [0.717, 1.165) is 95.6 Å². The van der Waals surface area contributed by atoms with Gasteiger partial charge >= 0.3 is 0 Å². The monoisotopic (exact) mass is 896 g/mol. The normalized spacial score (nSPS) is 17.5. The van der Waals surface area contributed by atoms with Gasteiger partial charge in [-0.2, -0.15) is 0 Å². The fourth-order valence-corrected chi connectivity index (χ4v) is 14.7. The van der Waals surface area contributed by atoms with E-state index in [1.807, 2.05) is 158 Å². The third-order valence-electron chi connectivity index (χ3n) is 13.7. The Bertz CT molecular complexity index is 3530. The standard InChI is InChI=1S/C30H26O2S.C30H22O2S/c2*31-33(32)26(20-21-12-4-1-5-13-21)29-27(22-14-6-2-7-15-22)24-18-10-11-19-25(24)28(30(29)33)23-16-8-3-9-17-23/h2-3,6-11,14-21H,1,4-5,12-13H2;1-19,26H,20H2. The Morgan fingerprint density at radius 3 is 1.26 bits per heavy atom. The van der Waals surface area contributed by atoms with E-state index in [-0.39, 0.29) is 0 Å². The molecule has 0 amide bonds. The molecule has 1 unspecified atom stereocenters. The van der Waals surface area contributed by atoms with Crippen LogP contribution in [0.5, 0.6) is 0 Å². The molecule has 2 heterocycles. The molecule has 3 aliphatic rings. The minimum absolute atomic E-state index is 0.340. The minimum Gasteiger partial charge on any atom is -0.223 e. The van der Waals surface area contributed by atoms with Gasteiger partial charge in [0.1, 0.15) is 0 Å². The summed E-state index contributed by atoms with van der Waals surface area (Å²) in [5, 5.41) is 3.60. The first-order valence-corrected chi connectivity index (χ1v) is 26.0. The lowest BCUT2D eigenvalue weighted by Gasteiger charge is -2.36.